The molecule has 0 N–H and O–H groups in total. The van der Waals surface area contributed by atoms with Crippen LogP contribution in [0.15, 0.2) is 85.0 Å². The van der Waals surface area contributed by atoms with Gasteiger partial charge in [0.1, 0.15) is 0 Å². The van der Waals surface area contributed by atoms with E-state index in [2.05, 4.69) is 113 Å². The zero-order chi connectivity index (χ0) is 17.2. The third kappa shape index (κ3) is 3.94. The molecule has 24 heavy (non-hydrogen) atoms. The van der Waals surface area contributed by atoms with Crippen molar-refractivity contribution >= 4 is 11.1 Å². The Balaban J connectivity index is 1.94. The van der Waals surface area contributed by atoms with Gasteiger partial charge in [-0.2, -0.15) is 0 Å². The predicted molar refractivity (Wildman–Crippen MR) is 107 cm³/mol. The largest absolute Gasteiger partial charge is 0.0751 e. The summed E-state index contributed by atoms with van der Waals surface area (Å²) in [5, 5.41) is 0. The maximum atomic E-state index is 2.28. The molecule has 3 rings (SSSR count). The highest BCUT2D eigenvalue weighted by Crippen LogP contribution is 2.30. The Bertz CT molecular complexity index is 737. The van der Waals surface area contributed by atoms with Gasteiger partial charge in [0, 0.05) is 10.8 Å². The van der Waals surface area contributed by atoms with E-state index in [1.165, 1.54) is 22.3 Å². The topological polar surface area (TPSA) is 0 Å². The Morgan fingerprint density at radius 1 is 0.625 bits per heavy atom. The second-order valence-corrected chi connectivity index (χ2v) is 7.85. The first kappa shape index (κ1) is 16.5. The molecule has 0 aliphatic heterocycles. The molecule has 122 valence electrons. The van der Waals surface area contributed by atoms with Crippen LogP contribution in [0.25, 0.3) is 11.1 Å². The lowest BCUT2D eigenvalue weighted by atomic mass is 9.92. The van der Waals surface area contributed by atoms with E-state index in [9.17, 15) is 0 Å². The van der Waals surface area contributed by atoms with Crippen molar-refractivity contribution in [1.29, 1.82) is 0 Å². The van der Waals surface area contributed by atoms with Gasteiger partial charge < -0.3 is 0 Å². The normalized spacial score (nSPS) is 21.0. The molecule has 0 aromatic heterocycles. The van der Waals surface area contributed by atoms with Crippen LogP contribution in [0.5, 0.6) is 0 Å². The maximum Gasteiger partial charge on any atom is 0.00109 e. The van der Waals surface area contributed by atoms with Crippen LogP contribution >= 0.6 is 0 Å². The molecule has 0 heteroatoms. The average Bonchev–Trinajstić information content (AvgIpc) is 2.82. The van der Waals surface area contributed by atoms with Crippen molar-refractivity contribution in [3.63, 3.8) is 0 Å². The van der Waals surface area contributed by atoms with Crippen molar-refractivity contribution in [2.75, 3.05) is 0 Å². The van der Waals surface area contributed by atoms with Gasteiger partial charge in [-0.05, 0) is 28.3 Å². The van der Waals surface area contributed by atoms with Crippen LogP contribution in [0.1, 0.15) is 38.8 Å². The highest BCUT2D eigenvalue weighted by molar-refractivity contribution is 5.81. The van der Waals surface area contributed by atoms with Gasteiger partial charge in [0.2, 0.25) is 0 Å². The monoisotopic (exact) mass is 314 g/mol. The first-order valence-corrected chi connectivity index (χ1v) is 8.63. The molecule has 2 aliphatic rings. The van der Waals surface area contributed by atoms with Crippen molar-refractivity contribution in [2.45, 2.75) is 27.7 Å². The van der Waals surface area contributed by atoms with Gasteiger partial charge in [-0.25, -0.2) is 0 Å². The van der Waals surface area contributed by atoms with E-state index in [0.29, 0.717) is 0 Å². The smallest absolute Gasteiger partial charge is 0.00109 e. The zero-order valence-corrected chi connectivity index (χ0v) is 15.1. The molecule has 1 aromatic rings. The summed E-state index contributed by atoms with van der Waals surface area (Å²) in [5.74, 6) is 0. The molecule has 2 aliphatic carbocycles. The van der Waals surface area contributed by atoms with Crippen LogP contribution < -0.4 is 0 Å². The number of benzene rings is 1. The van der Waals surface area contributed by atoms with E-state index in [0.717, 1.165) is 0 Å². The van der Waals surface area contributed by atoms with Gasteiger partial charge in [-0.3, -0.25) is 0 Å². The van der Waals surface area contributed by atoms with Crippen molar-refractivity contribution in [3.05, 3.63) is 96.2 Å². The molecule has 0 bridgehead atoms. The molecule has 0 saturated carbocycles. The van der Waals surface area contributed by atoms with Crippen molar-refractivity contribution in [3.8, 4) is 0 Å². The standard InChI is InChI=1S/C24H26/c1-23(2)14-6-10-19(12-16-23)21-8-5-9-22(18-21)20-11-7-15-24(3,4)17-13-20/h5-18H,1-4H3. The summed E-state index contributed by atoms with van der Waals surface area (Å²) in [7, 11) is 0. The molecule has 1 aromatic carbocycles. The molecule has 0 unspecified atom stereocenters. The maximum absolute atomic E-state index is 2.28. The molecule has 0 radical (unpaired) electrons. The summed E-state index contributed by atoms with van der Waals surface area (Å²) in [5.41, 5.74) is 5.25. The van der Waals surface area contributed by atoms with E-state index in [1.807, 2.05) is 0 Å². The summed E-state index contributed by atoms with van der Waals surface area (Å²) in [6.07, 6.45) is 22.2. The van der Waals surface area contributed by atoms with Gasteiger partial charge in [-0.15, -0.1) is 0 Å². The average molecular weight is 314 g/mol. The summed E-state index contributed by atoms with van der Waals surface area (Å²) in [6, 6.07) is 8.80. The number of rotatable bonds is 2. The van der Waals surface area contributed by atoms with Crippen LogP contribution in [-0.4, -0.2) is 0 Å². The van der Waals surface area contributed by atoms with E-state index in [-0.39, 0.29) is 10.8 Å². The van der Waals surface area contributed by atoms with Crippen LogP contribution in [0.4, 0.5) is 0 Å². The highest BCUT2D eigenvalue weighted by Gasteiger charge is 2.13. The van der Waals surface area contributed by atoms with Crippen LogP contribution in [-0.2, 0) is 0 Å². The minimum absolute atomic E-state index is 0.110. The van der Waals surface area contributed by atoms with Gasteiger partial charge >= 0.3 is 0 Å². The SMILES string of the molecule is CC1(C)C=CC=C(c2cccc(C3=CC=CC(C)(C)C=C3)c2)C=C1. The fourth-order valence-electron chi connectivity index (χ4n) is 2.89. The quantitative estimate of drug-likeness (QED) is 0.566. The Morgan fingerprint density at radius 3 is 1.54 bits per heavy atom. The lowest BCUT2D eigenvalue weighted by molar-refractivity contribution is 0.627. The van der Waals surface area contributed by atoms with Crippen LogP contribution in [0.2, 0.25) is 0 Å². The number of allylic oxidation sites excluding steroid dienone is 12. The van der Waals surface area contributed by atoms with Crippen molar-refractivity contribution in [2.24, 2.45) is 10.8 Å². The Morgan fingerprint density at radius 2 is 1.08 bits per heavy atom. The van der Waals surface area contributed by atoms with E-state index >= 15 is 0 Å². The molecule has 0 amide bonds. The minimum Gasteiger partial charge on any atom is -0.0751 e. The van der Waals surface area contributed by atoms with E-state index in [4.69, 9.17) is 0 Å². The Labute approximate surface area is 146 Å². The van der Waals surface area contributed by atoms with Crippen LogP contribution in [0.3, 0.4) is 0 Å². The molecule has 0 saturated heterocycles. The molecule has 0 fully saturated rings. The summed E-state index contributed by atoms with van der Waals surface area (Å²) < 4.78 is 0. The van der Waals surface area contributed by atoms with Gasteiger partial charge in [0.05, 0.1) is 0 Å². The molecular formula is C24H26. The molecule has 0 nitrogen and oxygen atoms in total. The summed E-state index contributed by atoms with van der Waals surface area (Å²) in [6.45, 7) is 8.90. The summed E-state index contributed by atoms with van der Waals surface area (Å²) >= 11 is 0. The van der Waals surface area contributed by atoms with E-state index in [1.54, 1.807) is 0 Å². The Hall–Kier alpha value is -2.34. The first-order valence-electron chi connectivity index (χ1n) is 8.63. The minimum atomic E-state index is 0.110. The third-order valence-corrected chi connectivity index (χ3v) is 4.52. The molecular weight excluding hydrogens is 288 g/mol. The second kappa shape index (κ2) is 6.28. The lowest BCUT2D eigenvalue weighted by Gasteiger charge is -2.13. The highest BCUT2D eigenvalue weighted by atomic mass is 14.2. The fraction of sp³-hybridized carbons (Fsp3) is 0.250. The van der Waals surface area contributed by atoms with Crippen molar-refractivity contribution < 1.29 is 0 Å². The number of hydrogen-bond acceptors (Lipinski definition) is 0. The fourth-order valence-corrected chi connectivity index (χ4v) is 2.89. The van der Waals surface area contributed by atoms with Gasteiger partial charge in [-0.1, -0.05) is 107 Å². The van der Waals surface area contributed by atoms with E-state index < -0.39 is 0 Å². The molecule has 0 spiro atoms. The Kier molecular flexibility index (Phi) is 4.32. The van der Waals surface area contributed by atoms with Gasteiger partial charge in [0.15, 0.2) is 0 Å². The second-order valence-electron chi connectivity index (χ2n) is 7.85. The molecule has 0 heterocycles. The van der Waals surface area contributed by atoms with Gasteiger partial charge in [0.25, 0.3) is 0 Å². The first-order chi connectivity index (χ1) is 11.3. The van der Waals surface area contributed by atoms with Crippen LogP contribution in [0, 0.1) is 10.8 Å². The van der Waals surface area contributed by atoms with Crippen molar-refractivity contribution in [1.82, 2.24) is 0 Å². The summed E-state index contributed by atoms with van der Waals surface area (Å²) in [4.78, 5) is 0. The number of hydrogen-bond donors (Lipinski definition) is 0. The third-order valence-electron chi connectivity index (χ3n) is 4.52. The zero-order valence-electron chi connectivity index (χ0n) is 15.1. The molecule has 0 atom stereocenters. The predicted octanol–water partition coefficient (Wildman–Crippen LogP) is 6.76. The lowest BCUT2D eigenvalue weighted by Crippen LogP contribution is -2.00.